The minimum Gasteiger partial charge on any atom is -0.462 e. The Bertz CT molecular complexity index is 868. The van der Waals surface area contributed by atoms with Crippen LogP contribution in [0.4, 0.5) is 11.5 Å². The van der Waals surface area contributed by atoms with Crippen LogP contribution < -0.4 is 10.6 Å². The minimum absolute atomic E-state index is 0.0330. The van der Waals surface area contributed by atoms with E-state index in [2.05, 4.69) is 20.8 Å². The van der Waals surface area contributed by atoms with Gasteiger partial charge in [-0.15, -0.1) is 10.2 Å². The number of carbonyl (C=O) groups excluding carboxylic acids is 3. The number of benzene rings is 1. The van der Waals surface area contributed by atoms with Gasteiger partial charge in [0.2, 0.25) is 11.8 Å². The molecule has 0 bridgehead atoms. The molecule has 0 unspecified atom stereocenters. The van der Waals surface area contributed by atoms with E-state index < -0.39 is 5.97 Å². The first kappa shape index (κ1) is 19.8. The molecule has 0 radical (unpaired) electrons. The third-order valence-corrected chi connectivity index (χ3v) is 4.81. The highest BCUT2D eigenvalue weighted by molar-refractivity contribution is 7.99. The van der Waals surface area contributed by atoms with Crippen LogP contribution in [0.1, 0.15) is 30.1 Å². The highest BCUT2D eigenvalue weighted by Gasteiger charge is 2.29. The smallest absolute Gasteiger partial charge is 0.340 e. The summed E-state index contributed by atoms with van der Waals surface area (Å²) in [7, 11) is 0. The molecule has 28 heavy (non-hydrogen) atoms. The number of carbonyl (C=O) groups is 3. The predicted molar refractivity (Wildman–Crippen MR) is 105 cm³/mol. The molecule has 9 heteroatoms. The van der Waals surface area contributed by atoms with Crippen molar-refractivity contribution in [2.45, 2.75) is 24.8 Å². The van der Waals surface area contributed by atoms with E-state index in [1.54, 1.807) is 43.3 Å². The number of nitrogens with one attached hydrogen (secondary N) is 2. The topological polar surface area (TPSA) is 110 Å². The molecule has 0 atom stereocenters. The number of para-hydroxylation sites is 1. The monoisotopic (exact) mass is 400 g/mol. The van der Waals surface area contributed by atoms with Crippen molar-refractivity contribution in [3.63, 3.8) is 0 Å². The molecule has 1 aromatic carbocycles. The molecule has 2 amide bonds. The van der Waals surface area contributed by atoms with E-state index in [0.717, 1.165) is 12.8 Å². The van der Waals surface area contributed by atoms with E-state index in [9.17, 15) is 14.4 Å². The molecule has 1 fully saturated rings. The molecule has 2 N–H and O–H groups in total. The quantitative estimate of drug-likeness (QED) is 0.518. The first-order valence-corrected chi connectivity index (χ1v) is 9.88. The molecule has 0 aliphatic heterocycles. The standard InChI is InChI=1S/C19H20N4O4S/c1-2-27-19(26)13-5-3-4-6-14(13)20-16(24)11-28-17-10-9-15(22-23-17)21-18(25)12-7-8-12/h3-6,9-10,12H,2,7-8,11H2,1H3,(H,20,24)(H,21,22,25). The van der Waals surface area contributed by atoms with Gasteiger partial charge in [0.05, 0.1) is 23.6 Å². The van der Waals surface area contributed by atoms with E-state index in [-0.39, 0.29) is 30.1 Å². The first-order valence-electron chi connectivity index (χ1n) is 8.90. The normalized spacial score (nSPS) is 12.9. The lowest BCUT2D eigenvalue weighted by Gasteiger charge is -2.10. The lowest BCUT2D eigenvalue weighted by molar-refractivity contribution is -0.117. The van der Waals surface area contributed by atoms with E-state index in [1.165, 1.54) is 11.8 Å². The third-order valence-electron chi connectivity index (χ3n) is 3.89. The molecule has 1 heterocycles. The van der Waals surface area contributed by atoms with Crippen LogP contribution in [0.5, 0.6) is 0 Å². The van der Waals surface area contributed by atoms with Crippen LogP contribution in [0.15, 0.2) is 41.4 Å². The first-order chi connectivity index (χ1) is 13.6. The van der Waals surface area contributed by atoms with Gasteiger partial charge in [-0.2, -0.15) is 0 Å². The summed E-state index contributed by atoms with van der Waals surface area (Å²) >= 11 is 1.20. The van der Waals surface area contributed by atoms with Crippen molar-refractivity contribution in [1.29, 1.82) is 0 Å². The SMILES string of the molecule is CCOC(=O)c1ccccc1NC(=O)CSc1ccc(NC(=O)C2CC2)nn1. The van der Waals surface area contributed by atoms with Crippen molar-refractivity contribution in [3.05, 3.63) is 42.0 Å². The number of esters is 1. The van der Waals surface area contributed by atoms with Crippen molar-refractivity contribution in [2.75, 3.05) is 23.0 Å². The molecule has 3 rings (SSSR count). The second kappa shape index (κ2) is 9.32. The van der Waals surface area contributed by atoms with Crippen LogP contribution >= 0.6 is 11.8 Å². The molecule has 0 saturated heterocycles. The van der Waals surface area contributed by atoms with Gasteiger partial charge in [-0.25, -0.2) is 4.79 Å². The van der Waals surface area contributed by atoms with Gasteiger partial charge in [-0.1, -0.05) is 23.9 Å². The zero-order chi connectivity index (χ0) is 19.9. The van der Waals surface area contributed by atoms with E-state index >= 15 is 0 Å². The second-order valence-corrected chi connectivity index (χ2v) is 7.12. The Morgan fingerprint density at radius 1 is 1.11 bits per heavy atom. The number of ether oxygens (including phenoxy) is 1. The summed E-state index contributed by atoms with van der Waals surface area (Å²) < 4.78 is 4.99. The number of anilines is 2. The van der Waals surface area contributed by atoms with Crippen LogP contribution in [0.2, 0.25) is 0 Å². The van der Waals surface area contributed by atoms with Crippen LogP contribution in [0.3, 0.4) is 0 Å². The zero-order valence-electron chi connectivity index (χ0n) is 15.3. The van der Waals surface area contributed by atoms with Gasteiger partial charge in [0.1, 0.15) is 5.03 Å². The van der Waals surface area contributed by atoms with E-state index in [4.69, 9.17) is 4.74 Å². The molecule has 8 nitrogen and oxygen atoms in total. The molecule has 1 aromatic heterocycles. The number of amides is 2. The maximum atomic E-state index is 12.2. The number of hydrogen-bond donors (Lipinski definition) is 2. The van der Waals surface area contributed by atoms with Gasteiger partial charge >= 0.3 is 5.97 Å². The Labute approximate surface area is 166 Å². The second-order valence-electron chi connectivity index (χ2n) is 6.12. The fraction of sp³-hybridized carbons (Fsp3) is 0.316. The molecule has 2 aromatic rings. The van der Waals surface area contributed by atoms with Gasteiger partial charge in [0.15, 0.2) is 5.82 Å². The van der Waals surface area contributed by atoms with Crippen molar-refractivity contribution >= 4 is 41.1 Å². The maximum Gasteiger partial charge on any atom is 0.340 e. The Kier molecular flexibility index (Phi) is 6.59. The fourth-order valence-electron chi connectivity index (χ4n) is 2.34. The lowest BCUT2D eigenvalue weighted by Crippen LogP contribution is -2.17. The summed E-state index contributed by atoms with van der Waals surface area (Å²) in [6, 6.07) is 10.0. The van der Waals surface area contributed by atoms with Gasteiger partial charge < -0.3 is 15.4 Å². The van der Waals surface area contributed by atoms with Gasteiger partial charge in [0, 0.05) is 5.92 Å². The van der Waals surface area contributed by atoms with Crippen molar-refractivity contribution < 1.29 is 19.1 Å². The highest BCUT2D eigenvalue weighted by Crippen LogP contribution is 2.30. The fourth-order valence-corrected chi connectivity index (χ4v) is 2.96. The van der Waals surface area contributed by atoms with Crippen molar-refractivity contribution in [2.24, 2.45) is 5.92 Å². The molecule has 1 saturated carbocycles. The molecular weight excluding hydrogens is 380 g/mol. The molecular formula is C19H20N4O4S. The van der Waals surface area contributed by atoms with Gasteiger partial charge in [-0.3, -0.25) is 9.59 Å². The third kappa shape index (κ3) is 5.53. The van der Waals surface area contributed by atoms with Gasteiger partial charge in [0.25, 0.3) is 0 Å². The van der Waals surface area contributed by atoms with Crippen LogP contribution in [0, 0.1) is 5.92 Å². The number of rotatable bonds is 8. The Hall–Kier alpha value is -2.94. The number of aromatic nitrogens is 2. The Balaban J connectivity index is 1.52. The van der Waals surface area contributed by atoms with Gasteiger partial charge in [-0.05, 0) is 44.0 Å². The number of thioether (sulfide) groups is 1. The summed E-state index contributed by atoms with van der Waals surface area (Å²) in [4.78, 5) is 35.9. The van der Waals surface area contributed by atoms with Crippen molar-refractivity contribution in [3.8, 4) is 0 Å². The lowest BCUT2D eigenvalue weighted by atomic mass is 10.2. The molecule has 1 aliphatic carbocycles. The average molecular weight is 400 g/mol. The summed E-state index contributed by atoms with van der Waals surface area (Å²) in [5.41, 5.74) is 0.703. The summed E-state index contributed by atoms with van der Waals surface area (Å²) in [6.45, 7) is 1.98. The molecule has 1 aliphatic rings. The van der Waals surface area contributed by atoms with Crippen LogP contribution in [0.25, 0.3) is 0 Å². The minimum atomic E-state index is -0.485. The van der Waals surface area contributed by atoms with Crippen LogP contribution in [-0.2, 0) is 14.3 Å². The maximum absolute atomic E-state index is 12.2. The van der Waals surface area contributed by atoms with E-state index in [1.807, 2.05) is 0 Å². The Morgan fingerprint density at radius 2 is 1.89 bits per heavy atom. The summed E-state index contributed by atoms with van der Waals surface area (Å²) in [5, 5.41) is 13.9. The average Bonchev–Trinajstić information content (AvgIpc) is 3.53. The number of hydrogen-bond acceptors (Lipinski definition) is 7. The van der Waals surface area contributed by atoms with Crippen molar-refractivity contribution in [1.82, 2.24) is 10.2 Å². The van der Waals surface area contributed by atoms with E-state index in [0.29, 0.717) is 22.1 Å². The largest absolute Gasteiger partial charge is 0.462 e. The molecule has 146 valence electrons. The van der Waals surface area contributed by atoms with Crippen LogP contribution in [-0.4, -0.2) is 40.3 Å². The zero-order valence-corrected chi connectivity index (χ0v) is 16.1. The summed E-state index contributed by atoms with van der Waals surface area (Å²) in [6.07, 6.45) is 1.84. The predicted octanol–water partition coefficient (Wildman–Crippen LogP) is 2.73. The highest BCUT2D eigenvalue weighted by atomic mass is 32.2. The molecule has 0 spiro atoms. The number of nitrogens with zero attached hydrogens (tertiary/aromatic N) is 2. The summed E-state index contributed by atoms with van der Waals surface area (Å²) in [5.74, 6) is -0.213. The Morgan fingerprint density at radius 3 is 2.57 bits per heavy atom.